The van der Waals surface area contributed by atoms with E-state index in [1.807, 2.05) is 0 Å². The Kier molecular flexibility index (Phi) is 3.30. The normalized spacial score (nSPS) is 42.2. The van der Waals surface area contributed by atoms with Gasteiger partial charge in [0.05, 0.1) is 5.92 Å². The van der Waals surface area contributed by atoms with Gasteiger partial charge in [0.1, 0.15) is 0 Å². The van der Waals surface area contributed by atoms with E-state index in [9.17, 15) is 13.2 Å². The molecule has 0 aromatic rings. The molecule has 2 atom stereocenters. The highest BCUT2D eigenvalue weighted by Crippen LogP contribution is 2.40. The van der Waals surface area contributed by atoms with Crippen LogP contribution in [-0.2, 0) is 0 Å². The van der Waals surface area contributed by atoms with Crippen molar-refractivity contribution in [3.8, 4) is 0 Å². The molecule has 3 rings (SSSR count). The van der Waals surface area contributed by atoms with Gasteiger partial charge in [-0.05, 0) is 50.6 Å². The van der Waals surface area contributed by atoms with Crippen molar-refractivity contribution in [2.24, 2.45) is 17.8 Å². The Balaban J connectivity index is 1.52. The van der Waals surface area contributed by atoms with Crippen LogP contribution in [0.4, 0.5) is 13.2 Å². The Morgan fingerprint density at radius 2 is 1.44 bits per heavy atom. The zero-order chi connectivity index (χ0) is 12.8. The molecule has 0 spiro atoms. The molecule has 0 aromatic heterocycles. The van der Waals surface area contributed by atoms with Gasteiger partial charge in [0, 0.05) is 19.1 Å². The Bertz CT molecular complexity index is 285. The Morgan fingerprint density at radius 3 is 1.94 bits per heavy atom. The van der Waals surface area contributed by atoms with Crippen LogP contribution in [0, 0.1) is 17.8 Å². The molecule has 2 saturated heterocycles. The van der Waals surface area contributed by atoms with E-state index in [0.717, 1.165) is 50.9 Å². The van der Waals surface area contributed by atoms with Crippen LogP contribution in [0.5, 0.6) is 0 Å². The van der Waals surface area contributed by atoms with Gasteiger partial charge in [-0.25, -0.2) is 0 Å². The lowest BCUT2D eigenvalue weighted by Gasteiger charge is -2.35. The van der Waals surface area contributed by atoms with Gasteiger partial charge in [0.2, 0.25) is 0 Å². The molecule has 0 unspecified atom stereocenters. The SMILES string of the molecule is FC(F)(F)C1CCC(N2C[C@H]3CNC[C@H]3C2)CC1. The number of alkyl halides is 3. The number of hydrogen-bond acceptors (Lipinski definition) is 2. The zero-order valence-electron chi connectivity index (χ0n) is 10.5. The van der Waals surface area contributed by atoms with Crippen LogP contribution in [0.1, 0.15) is 25.7 Å². The topological polar surface area (TPSA) is 15.3 Å². The van der Waals surface area contributed by atoms with Crippen molar-refractivity contribution >= 4 is 0 Å². The number of nitrogens with one attached hydrogen (secondary N) is 1. The first-order valence-electron chi connectivity index (χ1n) is 7.05. The van der Waals surface area contributed by atoms with E-state index >= 15 is 0 Å². The van der Waals surface area contributed by atoms with Crippen molar-refractivity contribution in [2.75, 3.05) is 26.2 Å². The van der Waals surface area contributed by atoms with E-state index in [-0.39, 0.29) is 0 Å². The van der Waals surface area contributed by atoms with E-state index in [0.29, 0.717) is 18.9 Å². The third kappa shape index (κ3) is 2.39. The van der Waals surface area contributed by atoms with Gasteiger partial charge in [-0.15, -0.1) is 0 Å². The fourth-order valence-corrected chi connectivity index (χ4v) is 3.96. The van der Waals surface area contributed by atoms with Crippen LogP contribution in [0.25, 0.3) is 0 Å². The number of hydrogen-bond donors (Lipinski definition) is 1. The van der Waals surface area contributed by atoms with Gasteiger partial charge in [-0.2, -0.15) is 13.2 Å². The first kappa shape index (κ1) is 12.7. The molecule has 2 aliphatic heterocycles. The molecule has 2 heterocycles. The molecule has 2 nitrogen and oxygen atoms in total. The van der Waals surface area contributed by atoms with Crippen LogP contribution in [0.15, 0.2) is 0 Å². The fourth-order valence-electron chi connectivity index (χ4n) is 3.96. The summed E-state index contributed by atoms with van der Waals surface area (Å²) in [5, 5.41) is 3.40. The second-order valence-corrected chi connectivity index (χ2v) is 6.18. The monoisotopic (exact) mass is 262 g/mol. The molecule has 0 radical (unpaired) electrons. The molecule has 104 valence electrons. The van der Waals surface area contributed by atoms with Crippen molar-refractivity contribution in [3.63, 3.8) is 0 Å². The molecule has 1 aliphatic carbocycles. The summed E-state index contributed by atoms with van der Waals surface area (Å²) in [7, 11) is 0. The summed E-state index contributed by atoms with van der Waals surface area (Å²) in [5.41, 5.74) is 0. The summed E-state index contributed by atoms with van der Waals surface area (Å²) in [4.78, 5) is 2.46. The second-order valence-electron chi connectivity index (χ2n) is 6.18. The molecule has 3 fully saturated rings. The standard InChI is InChI=1S/C13H21F3N2/c14-13(15,16)11-1-3-12(4-2-11)18-7-9-5-17-6-10(9)8-18/h9-12,17H,1-8H2/t9-,10+,11?,12?. The lowest BCUT2D eigenvalue weighted by molar-refractivity contribution is -0.184. The highest BCUT2D eigenvalue weighted by Gasteiger charge is 2.44. The van der Waals surface area contributed by atoms with E-state index < -0.39 is 12.1 Å². The summed E-state index contributed by atoms with van der Waals surface area (Å²) >= 11 is 0. The molecular weight excluding hydrogens is 241 g/mol. The van der Waals surface area contributed by atoms with Crippen molar-refractivity contribution in [1.82, 2.24) is 10.2 Å². The van der Waals surface area contributed by atoms with Gasteiger partial charge in [0.25, 0.3) is 0 Å². The minimum Gasteiger partial charge on any atom is -0.316 e. The third-order valence-electron chi connectivity index (χ3n) is 5.09. The van der Waals surface area contributed by atoms with Crippen molar-refractivity contribution in [2.45, 2.75) is 37.9 Å². The van der Waals surface area contributed by atoms with Crippen LogP contribution in [0.3, 0.4) is 0 Å². The third-order valence-corrected chi connectivity index (χ3v) is 5.09. The summed E-state index contributed by atoms with van der Waals surface area (Å²) in [6.07, 6.45) is -1.85. The summed E-state index contributed by atoms with van der Waals surface area (Å²) in [6.45, 7) is 4.39. The summed E-state index contributed by atoms with van der Waals surface area (Å²) < 4.78 is 37.8. The highest BCUT2D eigenvalue weighted by atomic mass is 19.4. The fraction of sp³-hybridized carbons (Fsp3) is 1.00. The largest absolute Gasteiger partial charge is 0.391 e. The number of rotatable bonds is 1. The molecular formula is C13H21F3N2. The molecule has 0 amide bonds. The molecule has 18 heavy (non-hydrogen) atoms. The minimum absolute atomic E-state index is 0.332. The van der Waals surface area contributed by atoms with E-state index in [1.54, 1.807) is 0 Å². The number of fused-ring (bicyclic) bond motifs is 1. The van der Waals surface area contributed by atoms with Gasteiger partial charge in [0.15, 0.2) is 0 Å². The average molecular weight is 262 g/mol. The maximum atomic E-state index is 12.6. The van der Waals surface area contributed by atoms with Crippen molar-refractivity contribution < 1.29 is 13.2 Å². The van der Waals surface area contributed by atoms with E-state index in [2.05, 4.69) is 10.2 Å². The predicted octanol–water partition coefficient (Wildman–Crippen LogP) is 2.26. The molecule has 0 aromatic carbocycles. The smallest absolute Gasteiger partial charge is 0.316 e. The van der Waals surface area contributed by atoms with Crippen LogP contribution in [-0.4, -0.2) is 43.3 Å². The van der Waals surface area contributed by atoms with Gasteiger partial charge < -0.3 is 5.32 Å². The quantitative estimate of drug-likeness (QED) is 0.780. The molecule has 0 bridgehead atoms. The molecule has 1 N–H and O–H groups in total. The predicted molar refractivity (Wildman–Crippen MR) is 63.2 cm³/mol. The molecule has 3 aliphatic rings. The maximum Gasteiger partial charge on any atom is 0.391 e. The second kappa shape index (κ2) is 4.67. The minimum atomic E-state index is -3.98. The Morgan fingerprint density at radius 1 is 0.889 bits per heavy atom. The molecule has 1 saturated carbocycles. The lowest BCUT2D eigenvalue weighted by atomic mass is 9.85. The van der Waals surface area contributed by atoms with Gasteiger partial charge in [-0.3, -0.25) is 4.90 Å². The first-order valence-corrected chi connectivity index (χ1v) is 7.05. The summed E-state index contributed by atoms with van der Waals surface area (Å²) in [6, 6.07) is 0.411. The van der Waals surface area contributed by atoms with Crippen LogP contribution in [0.2, 0.25) is 0 Å². The average Bonchev–Trinajstić information content (AvgIpc) is 2.88. The first-order chi connectivity index (χ1) is 8.54. The number of halogens is 3. The maximum absolute atomic E-state index is 12.6. The van der Waals surface area contributed by atoms with Gasteiger partial charge >= 0.3 is 6.18 Å². The Labute approximate surface area is 106 Å². The highest BCUT2D eigenvalue weighted by molar-refractivity contribution is 4.94. The Hall–Kier alpha value is -0.290. The zero-order valence-corrected chi connectivity index (χ0v) is 10.5. The number of likely N-dealkylation sites (tertiary alicyclic amines) is 1. The van der Waals surface area contributed by atoms with E-state index in [1.165, 1.54) is 0 Å². The van der Waals surface area contributed by atoms with Crippen molar-refractivity contribution in [1.29, 1.82) is 0 Å². The van der Waals surface area contributed by atoms with Crippen LogP contribution < -0.4 is 5.32 Å². The van der Waals surface area contributed by atoms with Gasteiger partial charge in [-0.1, -0.05) is 0 Å². The van der Waals surface area contributed by atoms with Crippen LogP contribution >= 0.6 is 0 Å². The lowest BCUT2D eigenvalue weighted by Crippen LogP contribution is -2.40. The van der Waals surface area contributed by atoms with Crippen molar-refractivity contribution in [3.05, 3.63) is 0 Å². The summed E-state index contributed by atoms with van der Waals surface area (Å²) in [5.74, 6) is 0.438. The molecule has 5 heteroatoms. The van der Waals surface area contributed by atoms with E-state index in [4.69, 9.17) is 0 Å². The number of nitrogens with zero attached hydrogens (tertiary/aromatic N) is 1.